The number of nitrogens with zero attached hydrogens (tertiary/aromatic N) is 3. The zero-order valence-corrected chi connectivity index (χ0v) is 11.3. The van der Waals surface area contributed by atoms with E-state index in [2.05, 4.69) is 16.3 Å². The molecule has 0 aromatic heterocycles. The lowest BCUT2D eigenvalue weighted by molar-refractivity contribution is 0.00882. The average molecular weight is 245 g/mol. The second-order valence-corrected chi connectivity index (χ2v) is 4.89. The van der Waals surface area contributed by atoms with E-state index in [1.807, 2.05) is 45.0 Å². The zero-order chi connectivity index (χ0) is 13.6. The van der Waals surface area contributed by atoms with Gasteiger partial charge in [-0.15, -0.1) is 10.2 Å². The number of methoxy groups -OCH3 is 1. The summed E-state index contributed by atoms with van der Waals surface area (Å²) < 4.78 is 5.16. The van der Waals surface area contributed by atoms with Crippen LogP contribution in [0.3, 0.4) is 0 Å². The second-order valence-electron chi connectivity index (χ2n) is 4.89. The van der Waals surface area contributed by atoms with E-state index in [1.54, 1.807) is 7.11 Å². The molecule has 0 fully saturated rings. The van der Waals surface area contributed by atoms with Crippen LogP contribution in [0, 0.1) is 17.2 Å². The van der Waals surface area contributed by atoms with Crippen molar-refractivity contribution in [2.75, 3.05) is 7.11 Å². The summed E-state index contributed by atoms with van der Waals surface area (Å²) in [7, 11) is 1.67. The molecule has 96 valence electrons. The Kier molecular flexibility index (Phi) is 4.99. The molecular formula is C14H19N3O. The van der Waals surface area contributed by atoms with Crippen LogP contribution in [-0.2, 0) is 4.74 Å². The maximum atomic E-state index is 8.49. The molecule has 0 bridgehead atoms. The van der Waals surface area contributed by atoms with Gasteiger partial charge in [-0.3, -0.25) is 0 Å². The fourth-order valence-electron chi connectivity index (χ4n) is 1.56. The number of hydrogen-bond donors (Lipinski definition) is 0. The van der Waals surface area contributed by atoms with E-state index in [1.165, 1.54) is 0 Å². The van der Waals surface area contributed by atoms with E-state index in [0.29, 0.717) is 0 Å². The fourth-order valence-corrected chi connectivity index (χ4v) is 1.56. The maximum absolute atomic E-state index is 8.49. The molecule has 2 rings (SSSR count). The summed E-state index contributed by atoms with van der Waals surface area (Å²) in [6, 6.07) is 9.98. The van der Waals surface area contributed by atoms with Crippen molar-refractivity contribution in [1.82, 2.24) is 0 Å². The number of benzene rings is 1. The van der Waals surface area contributed by atoms with Gasteiger partial charge in [-0.2, -0.15) is 5.26 Å². The predicted molar refractivity (Wildman–Crippen MR) is 71.1 cm³/mol. The summed E-state index contributed by atoms with van der Waals surface area (Å²) in [6.07, 6.45) is 0.792. The molecule has 0 aliphatic carbocycles. The van der Waals surface area contributed by atoms with Crippen LogP contribution >= 0.6 is 0 Å². The SMILES string of the molecule is COC(C)(C)CC(C)C#N.c1ccc2c(c1)N=N2. The minimum atomic E-state index is -0.158. The largest absolute Gasteiger partial charge is 0.379 e. The molecule has 4 nitrogen and oxygen atoms in total. The van der Waals surface area contributed by atoms with Crippen LogP contribution in [-0.4, -0.2) is 12.7 Å². The van der Waals surface area contributed by atoms with Crippen molar-refractivity contribution in [2.45, 2.75) is 32.8 Å². The van der Waals surface area contributed by atoms with Crippen molar-refractivity contribution in [3.05, 3.63) is 24.3 Å². The lowest BCUT2D eigenvalue weighted by Crippen LogP contribution is -2.24. The molecule has 1 aliphatic rings. The third-order valence-corrected chi connectivity index (χ3v) is 2.72. The highest BCUT2D eigenvalue weighted by atomic mass is 16.5. The summed E-state index contributed by atoms with van der Waals surface area (Å²) in [5, 5.41) is 16.0. The Hall–Kier alpha value is -1.73. The van der Waals surface area contributed by atoms with Gasteiger partial charge in [-0.25, -0.2) is 0 Å². The van der Waals surface area contributed by atoms with Crippen LogP contribution in [0.1, 0.15) is 27.2 Å². The molecule has 18 heavy (non-hydrogen) atoms. The minimum absolute atomic E-state index is 0.0787. The minimum Gasteiger partial charge on any atom is -0.379 e. The van der Waals surface area contributed by atoms with Gasteiger partial charge in [0.05, 0.1) is 11.7 Å². The first-order valence-electron chi connectivity index (χ1n) is 5.94. The van der Waals surface area contributed by atoms with Gasteiger partial charge < -0.3 is 4.74 Å². The standard InChI is InChI=1S/C8H15NO.C6H4N2/c1-7(6-9)5-8(2,3)10-4;1-2-4-6-5(3-1)7-8-6/h7H,5H2,1-4H3;1-4H. The zero-order valence-electron chi connectivity index (χ0n) is 11.3. The summed E-state index contributed by atoms with van der Waals surface area (Å²) in [5.41, 5.74) is 1.86. The first-order chi connectivity index (χ1) is 8.48. The topological polar surface area (TPSA) is 57.7 Å². The lowest BCUT2D eigenvalue weighted by atomic mass is 9.96. The van der Waals surface area contributed by atoms with Gasteiger partial charge in [0.1, 0.15) is 11.4 Å². The van der Waals surface area contributed by atoms with Gasteiger partial charge in [0.25, 0.3) is 0 Å². The number of ether oxygens (including phenoxy) is 1. The lowest BCUT2D eigenvalue weighted by Gasteiger charge is -2.23. The highest BCUT2D eigenvalue weighted by molar-refractivity contribution is 5.65. The Morgan fingerprint density at radius 2 is 1.78 bits per heavy atom. The average Bonchev–Trinajstić information content (AvgIpc) is 2.31. The Morgan fingerprint density at radius 1 is 1.28 bits per heavy atom. The predicted octanol–water partition coefficient (Wildman–Crippen LogP) is 4.38. The van der Waals surface area contributed by atoms with Gasteiger partial charge in [0.15, 0.2) is 0 Å². The van der Waals surface area contributed by atoms with Gasteiger partial charge in [0, 0.05) is 13.0 Å². The van der Waals surface area contributed by atoms with Crippen molar-refractivity contribution in [1.29, 1.82) is 5.26 Å². The van der Waals surface area contributed by atoms with Crippen molar-refractivity contribution >= 4 is 11.4 Å². The molecule has 1 atom stereocenters. The summed E-state index contributed by atoms with van der Waals surface area (Å²) in [4.78, 5) is 0. The molecule has 0 amide bonds. The van der Waals surface area contributed by atoms with Crippen LogP contribution in [0.15, 0.2) is 34.5 Å². The van der Waals surface area contributed by atoms with Crippen LogP contribution in [0.4, 0.5) is 11.4 Å². The van der Waals surface area contributed by atoms with E-state index in [4.69, 9.17) is 10.00 Å². The normalized spacial score (nSPS) is 13.5. The van der Waals surface area contributed by atoms with Gasteiger partial charge in [-0.05, 0) is 39.3 Å². The number of azo groups is 1. The fraction of sp³-hybridized carbons (Fsp3) is 0.500. The molecule has 0 saturated carbocycles. The van der Waals surface area contributed by atoms with Gasteiger partial charge in [-0.1, -0.05) is 12.1 Å². The molecule has 0 radical (unpaired) electrons. The molecule has 0 saturated heterocycles. The van der Waals surface area contributed by atoms with E-state index in [9.17, 15) is 0 Å². The van der Waals surface area contributed by atoms with Crippen LogP contribution < -0.4 is 0 Å². The molecule has 1 aromatic rings. The van der Waals surface area contributed by atoms with Crippen molar-refractivity contribution < 1.29 is 4.74 Å². The third-order valence-electron chi connectivity index (χ3n) is 2.72. The first-order valence-corrected chi connectivity index (χ1v) is 5.94. The molecule has 1 aromatic carbocycles. The second kappa shape index (κ2) is 6.27. The smallest absolute Gasteiger partial charge is 0.113 e. The number of fused-ring (bicyclic) bond motifs is 1. The monoisotopic (exact) mass is 245 g/mol. The van der Waals surface area contributed by atoms with E-state index >= 15 is 0 Å². The maximum Gasteiger partial charge on any atom is 0.113 e. The van der Waals surface area contributed by atoms with Crippen LogP contribution in [0.2, 0.25) is 0 Å². The molecular weight excluding hydrogens is 226 g/mol. The Balaban J connectivity index is 0.000000182. The Morgan fingerprint density at radius 3 is 2.06 bits per heavy atom. The van der Waals surface area contributed by atoms with Gasteiger partial charge >= 0.3 is 0 Å². The molecule has 4 heteroatoms. The van der Waals surface area contributed by atoms with E-state index in [-0.39, 0.29) is 11.5 Å². The van der Waals surface area contributed by atoms with E-state index in [0.717, 1.165) is 17.8 Å². The van der Waals surface area contributed by atoms with Crippen molar-refractivity contribution in [2.24, 2.45) is 16.1 Å². The highest BCUT2D eigenvalue weighted by Crippen LogP contribution is 2.36. The first kappa shape index (κ1) is 14.3. The van der Waals surface area contributed by atoms with E-state index < -0.39 is 0 Å². The third kappa shape index (κ3) is 4.27. The molecule has 0 N–H and O–H groups in total. The summed E-state index contributed by atoms with van der Waals surface area (Å²) >= 11 is 0. The molecule has 1 aliphatic heterocycles. The van der Waals surface area contributed by atoms with Gasteiger partial charge in [0.2, 0.25) is 0 Å². The Bertz CT molecular complexity index is 435. The molecule has 1 unspecified atom stereocenters. The van der Waals surface area contributed by atoms with Crippen molar-refractivity contribution in [3.8, 4) is 6.07 Å². The highest BCUT2D eigenvalue weighted by Gasteiger charge is 2.19. The molecule has 1 heterocycles. The summed E-state index contributed by atoms with van der Waals surface area (Å²) in [6.45, 7) is 5.88. The number of nitriles is 1. The van der Waals surface area contributed by atoms with Crippen LogP contribution in [0.25, 0.3) is 0 Å². The van der Waals surface area contributed by atoms with Crippen LogP contribution in [0.5, 0.6) is 0 Å². The summed E-state index contributed by atoms with van der Waals surface area (Å²) in [5.74, 6) is 0.0787. The van der Waals surface area contributed by atoms with Crippen molar-refractivity contribution in [3.63, 3.8) is 0 Å². The quantitative estimate of drug-likeness (QED) is 0.805. The number of hydrogen-bond acceptors (Lipinski definition) is 4. The Labute approximate surface area is 108 Å². The molecule has 0 spiro atoms. The number of rotatable bonds is 3.